The maximum atomic E-state index is 11.2. The number of nitrogens with zero attached hydrogens (tertiary/aromatic N) is 1. The average molecular weight is 375 g/mol. The normalized spacial score (nSPS) is 12.9. The quantitative estimate of drug-likeness (QED) is 0.384. The summed E-state index contributed by atoms with van der Waals surface area (Å²) in [7, 11) is 0. The van der Waals surface area contributed by atoms with Crippen molar-refractivity contribution in [3.8, 4) is 0 Å². The van der Waals surface area contributed by atoms with Gasteiger partial charge in [0.2, 0.25) is 0 Å². The van der Waals surface area contributed by atoms with Crippen molar-refractivity contribution >= 4 is 46.3 Å². The van der Waals surface area contributed by atoms with E-state index in [2.05, 4.69) is 12.1 Å². The van der Waals surface area contributed by atoms with Gasteiger partial charge in [0.25, 0.3) is 11.8 Å². The summed E-state index contributed by atoms with van der Waals surface area (Å²) in [6.45, 7) is 0. The largest absolute Gasteiger partial charge is 0.298 e. The van der Waals surface area contributed by atoms with E-state index < -0.39 is 0 Å². The van der Waals surface area contributed by atoms with Crippen LogP contribution in [0.5, 0.6) is 0 Å². The van der Waals surface area contributed by atoms with Gasteiger partial charge in [-0.15, -0.1) is 11.8 Å². The topological polar surface area (TPSA) is 54.5 Å². The van der Waals surface area contributed by atoms with Gasteiger partial charge < -0.3 is 0 Å². The van der Waals surface area contributed by atoms with Crippen LogP contribution in [0.4, 0.5) is 5.69 Å². The number of rotatable bonds is 3. The van der Waals surface area contributed by atoms with E-state index in [1.807, 2.05) is 36.6 Å². The number of thioether (sulfide) groups is 1. The maximum absolute atomic E-state index is 11.2. The molecule has 0 saturated carbocycles. The molecule has 0 saturated heterocycles. The molecule has 1 aliphatic rings. The summed E-state index contributed by atoms with van der Waals surface area (Å²) in [4.78, 5) is 35.4. The van der Waals surface area contributed by atoms with Crippen LogP contribution in [0.3, 0.4) is 0 Å². The monoisotopic (exact) mass is 375 g/mol. The standard InChI is InChI=1S/C12H10OS.C10H7NO2/c1-14-12-7-10-5-3-2-4-9(10)6-11(12)8-13;12-9-6-7-10(13)11(9)8-4-2-1-3-5-8/h2-8H,1H3;1-7H. The fourth-order valence-electron chi connectivity index (χ4n) is 2.74. The Labute approximate surface area is 161 Å². The van der Waals surface area contributed by atoms with E-state index in [0.29, 0.717) is 5.69 Å². The zero-order valence-electron chi connectivity index (χ0n) is 14.7. The lowest BCUT2D eigenvalue weighted by atomic mass is 10.1. The zero-order valence-corrected chi connectivity index (χ0v) is 15.5. The molecule has 27 heavy (non-hydrogen) atoms. The van der Waals surface area contributed by atoms with E-state index in [4.69, 9.17) is 0 Å². The first-order chi connectivity index (χ1) is 13.1. The van der Waals surface area contributed by atoms with Gasteiger partial charge in [-0.25, -0.2) is 4.90 Å². The van der Waals surface area contributed by atoms with Crippen LogP contribution in [0, 0.1) is 0 Å². The maximum Gasteiger partial charge on any atom is 0.258 e. The molecule has 0 N–H and O–H groups in total. The molecule has 1 aliphatic heterocycles. The number of fused-ring (bicyclic) bond motifs is 1. The molecule has 0 aliphatic carbocycles. The number of para-hydroxylation sites is 1. The fourth-order valence-corrected chi connectivity index (χ4v) is 3.33. The van der Waals surface area contributed by atoms with Crippen LogP contribution in [-0.2, 0) is 9.59 Å². The molecule has 0 atom stereocenters. The van der Waals surface area contributed by atoms with E-state index >= 15 is 0 Å². The number of benzene rings is 3. The number of aldehydes is 1. The Morgan fingerprint density at radius 1 is 0.815 bits per heavy atom. The molecule has 0 aromatic heterocycles. The number of amides is 2. The summed E-state index contributed by atoms with van der Waals surface area (Å²) in [5.41, 5.74) is 1.39. The summed E-state index contributed by atoms with van der Waals surface area (Å²) in [6, 6.07) is 20.9. The van der Waals surface area contributed by atoms with Crippen molar-refractivity contribution in [3.63, 3.8) is 0 Å². The van der Waals surface area contributed by atoms with Crippen molar-refractivity contribution in [2.24, 2.45) is 0 Å². The molecule has 0 fully saturated rings. The van der Waals surface area contributed by atoms with Crippen LogP contribution in [0.2, 0.25) is 0 Å². The molecule has 0 spiro atoms. The molecule has 3 aromatic carbocycles. The highest BCUT2D eigenvalue weighted by Gasteiger charge is 2.24. The highest BCUT2D eigenvalue weighted by Crippen LogP contribution is 2.25. The molecule has 4 nitrogen and oxygen atoms in total. The van der Waals surface area contributed by atoms with Gasteiger partial charge in [-0.05, 0) is 41.3 Å². The molecule has 1 heterocycles. The Morgan fingerprint density at radius 2 is 1.37 bits per heavy atom. The summed E-state index contributed by atoms with van der Waals surface area (Å²) < 4.78 is 0. The SMILES string of the molecule is CSc1cc2ccccc2cc1C=O.O=C1C=CC(=O)N1c1ccccc1. The average Bonchev–Trinajstić information content (AvgIpc) is 3.06. The van der Waals surface area contributed by atoms with Gasteiger partial charge in [0.05, 0.1) is 5.69 Å². The molecule has 0 unspecified atom stereocenters. The van der Waals surface area contributed by atoms with Crippen LogP contribution in [0.15, 0.2) is 83.8 Å². The van der Waals surface area contributed by atoms with E-state index in [1.165, 1.54) is 17.5 Å². The second kappa shape index (κ2) is 8.47. The van der Waals surface area contributed by atoms with Gasteiger partial charge in [0, 0.05) is 22.6 Å². The van der Waals surface area contributed by atoms with Crippen molar-refractivity contribution < 1.29 is 14.4 Å². The molecule has 0 radical (unpaired) electrons. The van der Waals surface area contributed by atoms with Crippen LogP contribution >= 0.6 is 11.8 Å². The lowest BCUT2D eigenvalue weighted by Crippen LogP contribution is -2.29. The number of carbonyl (C=O) groups is 3. The van der Waals surface area contributed by atoms with Crippen molar-refractivity contribution in [2.45, 2.75) is 4.90 Å². The van der Waals surface area contributed by atoms with Crippen molar-refractivity contribution in [2.75, 3.05) is 11.2 Å². The first-order valence-corrected chi connectivity index (χ1v) is 9.49. The van der Waals surface area contributed by atoms with E-state index in [0.717, 1.165) is 27.0 Å². The fraction of sp³-hybridized carbons (Fsp3) is 0.0455. The number of carbonyl (C=O) groups excluding carboxylic acids is 3. The van der Waals surface area contributed by atoms with Crippen LogP contribution in [0.1, 0.15) is 10.4 Å². The number of imide groups is 1. The Kier molecular flexibility index (Phi) is 5.84. The third-order valence-corrected chi connectivity index (χ3v) is 4.84. The van der Waals surface area contributed by atoms with Gasteiger partial charge in [-0.1, -0.05) is 42.5 Å². The number of hydrogen-bond donors (Lipinski definition) is 0. The Bertz CT molecular complexity index is 1010. The lowest BCUT2D eigenvalue weighted by molar-refractivity contribution is -0.119. The third kappa shape index (κ3) is 4.15. The molecular weight excluding hydrogens is 358 g/mol. The first-order valence-electron chi connectivity index (χ1n) is 8.27. The minimum Gasteiger partial charge on any atom is -0.298 e. The molecular formula is C22H17NO3S. The van der Waals surface area contributed by atoms with E-state index in [9.17, 15) is 14.4 Å². The molecule has 0 bridgehead atoms. The van der Waals surface area contributed by atoms with Crippen LogP contribution in [-0.4, -0.2) is 24.4 Å². The second-order valence-electron chi connectivity index (χ2n) is 5.74. The van der Waals surface area contributed by atoms with Gasteiger partial charge in [0.1, 0.15) is 0 Å². The van der Waals surface area contributed by atoms with Gasteiger partial charge >= 0.3 is 0 Å². The Hall–Kier alpha value is -3.18. The molecule has 5 heteroatoms. The van der Waals surface area contributed by atoms with E-state index in [1.54, 1.807) is 36.0 Å². The zero-order chi connectivity index (χ0) is 19.2. The third-order valence-electron chi connectivity index (χ3n) is 4.05. The second-order valence-corrected chi connectivity index (χ2v) is 6.59. The van der Waals surface area contributed by atoms with Crippen molar-refractivity contribution in [1.82, 2.24) is 0 Å². The number of anilines is 1. The van der Waals surface area contributed by atoms with Crippen molar-refractivity contribution in [3.05, 3.63) is 84.4 Å². The Balaban J connectivity index is 0.000000156. The minimum absolute atomic E-state index is 0.281. The summed E-state index contributed by atoms with van der Waals surface area (Å²) in [5, 5.41) is 2.30. The summed E-state index contributed by atoms with van der Waals surface area (Å²) in [6.07, 6.45) is 5.44. The summed E-state index contributed by atoms with van der Waals surface area (Å²) >= 11 is 1.60. The molecule has 134 valence electrons. The lowest BCUT2D eigenvalue weighted by Gasteiger charge is -2.12. The highest BCUT2D eigenvalue weighted by molar-refractivity contribution is 7.98. The molecule has 3 aromatic rings. The molecule has 4 rings (SSSR count). The van der Waals surface area contributed by atoms with Crippen LogP contribution < -0.4 is 4.90 Å². The molecule has 2 amide bonds. The Morgan fingerprint density at radius 3 is 1.93 bits per heavy atom. The predicted octanol–water partition coefficient (Wildman–Crippen LogP) is 4.49. The predicted molar refractivity (Wildman–Crippen MR) is 109 cm³/mol. The highest BCUT2D eigenvalue weighted by atomic mass is 32.2. The van der Waals surface area contributed by atoms with E-state index in [-0.39, 0.29) is 11.8 Å². The summed E-state index contributed by atoms with van der Waals surface area (Å²) in [5.74, 6) is -0.563. The van der Waals surface area contributed by atoms with Crippen LogP contribution in [0.25, 0.3) is 10.8 Å². The number of hydrogen-bond acceptors (Lipinski definition) is 4. The van der Waals surface area contributed by atoms with Gasteiger partial charge in [-0.2, -0.15) is 0 Å². The first kappa shape index (κ1) is 18.6. The van der Waals surface area contributed by atoms with Crippen molar-refractivity contribution in [1.29, 1.82) is 0 Å². The van der Waals surface area contributed by atoms with Gasteiger partial charge in [-0.3, -0.25) is 14.4 Å². The smallest absolute Gasteiger partial charge is 0.258 e. The minimum atomic E-state index is -0.281. The van der Waals surface area contributed by atoms with Gasteiger partial charge in [0.15, 0.2) is 6.29 Å².